The molecule has 0 unspecified atom stereocenters. The molecule has 0 aliphatic rings. The molecule has 16 heavy (non-hydrogen) atoms. The standard InChI is InChI=1S/C9H11BrClN5/c1-3-16-5-7(9(11)14-16)12-6-4-15(2)13-8(6)10/h4-5,12H,3H2,1-2H3. The Kier molecular flexibility index (Phi) is 3.20. The van der Waals surface area contributed by atoms with Crippen molar-refractivity contribution in [3.8, 4) is 0 Å². The molecular formula is C9H11BrClN5. The maximum atomic E-state index is 6.00. The first-order chi connectivity index (χ1) is 7.60. The van der Waals surface area contributed by atoms with E-state index in [1.54, 1.807) is 9.36 Å². The van der Waals surface area contributed by atoms with Gasteiger partial charge >= 0.3 is 0 Å². The molecule has 0 aliphatic heterocycles. The van der Waals surface area contributed by atoms with Gasteiger partial charge in [0.25, 0.3) is 0 Å². The number of halogens is 2. The summed E-state index contributed by atoms with van der Waals surface area (Å²) in [5.41, 5.74) is 1.64. The Balaban J connectivity index is 2.26. The highest BCUT2D eigenvalue weighted by atomic mass is 79.9. The van der Waals surface area contributed by atoms with E-state index in [4.69, 9.17) is 11.6 Å². The van der Waals surface area contributed by atoms with Crippen molar-refractivity contribution < 1.29 is 0 Å². The smallest absolute Gasteiger partial charge is 0.174 e. The van der Waals surface area contributed by atoms with Gasteiger partial charge in [-0.15, -0.1) is 0 Å². The van der Waals surface area contributed by atoms with E-state index in [0.29, 0.717) is 5.15 Å². The highest BCUT2D eigenvalue weighted by molar-refractivity contribution is 9.10. The molecule has 2 aromatic rings. The molecule has 1 N–H and O–H groups in total. The normalized spacial score (nSPS) is 10.8. The lowest BCUT2D eigenvalue weighted by atomic mass is 10.5. The third kappa shape index (κ3) is 2.22. The van der Waals surface area contributed by atoms with Crippen LogP contribution in [0.25, 0.3) is 0 Å². The summed E-state index contributed by atoms with van der Waals surface area (Å²) in [4.78, 5) is 0. The molecule has 2 aromatic heterocycles. The fourth-order valence-corrected chi connectivity index (χ4v) is 1.98. The van der Waals surface area contributed by atoms with Crippen molar-refractivity contribution in [1.82, 2.24) is 19.6 Å². The van der Waals surface area contributed by atoms with E-state index in [9.17, 15) is 0 Å². The monoisotopic (exact) mass is 303 g/mol. The van der Waals surface area contributed by atoms with Crippen LogP contribution < -0.4 is 5.32 Å². The van der Waals surface area contributed by atoms with Gasteiger partial charge in [0.15, 0.2) is 9.76 Å². The van der Waals surface area contributed by atoms with Crippen LogP contribution in [0.4, 0.5) is 11.4 Å². The lowest BCUT2D eigenvalue weighted by molar-refractivity contribution is 0.660. The van der Waals surface area contributed by atoms with Gasteiger partial charge in [-0.25, -0.2) is 0 Å². The highest BCUT2D eigenvalue weighted by Crippen LogP contribution is 2.27. The average Bonchev–Trinajstić information content (AvgIpc) is 2.72. The number of nitrogens with zero attached hydrogens (tertiary/aromatic N) is 4. The van der Waals surface area contributed by atoms with E-state index < -0.39 is 0 Å². The summed E-state index contributed by atoms with van der Waals surface area (Å²) in [5, 5.41) is 11.9. The number of hydrogen-bond donors (Lipinski definition) is 1. The quantitative estimate of drug-likeness (QED) is 0.948. The van der Waals surface area contributed by atoms with Crippen molar-refractivity contribution in [1.29, 1.82) is 0 Å². The van der Waals surface area contributed by atoms with E-state index in [2.05, 4.69) is 31.4 Å². The number of aromatic nitrogens is 4. The van der Waals surface area contributed by atoms with Crippen molar-refractivity contribution in [2.24, 2.45) is 7.05 Å². The van der Waals surface area contributed by atoms with Gasteiger partial charge in [0.1, 0.15) is 0 Å². The van der Waals surface area contributed by atoms with Crippen molar-refractivity contribution in [3.05, 3.63) is 22.1 Å². The lowest BCUT2D eigenvalue weighted by Crippen LogP contribution is -1.92. The molecule has 0 radical (unpaired) electrons. The minimum absolute atomic E-state index is 0.456. The molecule has 0 aliphatic carbocycles. The second-order valence-corrected chi connectivity index (χ2v) is 4.43. The van der Waals surface area contributed by atoms with Gasteiger partial charge in [0.05, 0.1) is 17.6 Å². The minimum atomic E-state index is 0.456. The molecular weight excluding hydrogens is 293 g/mol. The molecule has 0 aromatic carbocycles. The van der Waals surface area contributed by atoms with Crippen molar-refractivity contribution in [3.63, 3.8) is 0 Å². The fraction of sp³-hybridized carbons (Fsp3) is 0.333. The van der Waals surface area contributed by atoms with E-state index in [1.807, 2.05) is 26.4 Å². The molecule has 86 valence electrons. The van der Waals surface area contributed by atoms with Crippen LogP contribution in [0.5, 0.6) is 0 Å². The van der Waals surface area contributed by atoms with Gasteiger partial charge < -0.3 is 5.32 Å². The van der Waals surface area contributed by atoms with E-state index in [1.165, 1.54) is 0 Å². The molecule has 2 heterocycles. The molecule has 0 saturated carbocycles. The van der Waals surface area contributed by atoms with Gasteiger partial charge in [-0.05, 0) is 22.9 Å². The van der Waals surface area contributed by atoms with Crippen LogP contribution in [0, 0.1) is 0 Å². The first-order valence-corrected chi connectivity index (χ1v) is 5.96. The van der Waals surface area contributed by atoms with E-state index in [-0.39, 0.29) is 0 Å². The van der Waals surface area contributed by atoms with Crippen LogP contribution in [-0.2, 0) is 13.6 Å². The molecule has 0 amide bonds. The van der Waals surface area contributed by atoms with Gasteiger partial charge in [-0.1, -0.05) is 11.6 Å². The van der Waals surface area contributed by atoms with Gasteiger partial charge in [-0.3, -0.25) is 9.36 Å². The maximum absolute atomic E-state index is 6.00. The fourth-order valence-electron chi connectivity index (χ4n) is 1.33. The number of rotatable bonds is 3. The van der Waals surface area contributed by atoms with Gasteiger partial charge in [-0.2, -0.15) is 10.2 Å². The summed E-state index contributed by atoms with van der Waals surface area (Å²) < 4.78 is 4.23. The zero-order valence-electron chi connectivity index (χ0n) is 8.91. The number of aryl methyl sites for hydroxylation is 2. The van der Waals surface area contributed by atoms with Crippen LogP contribution in [0.15, 0.2) is 17.0 Å². The van der Waals surface area contributed by atoms with Crippen LogP contribution in [0.1, 0.15) is 6.92 Å². The second kappa shape index (κ2) is 4.47. The lowest BCUT2D eigenvalue weighted by Gasteiger charge is -1.99. The largest absolute Gasteiger partial charge is 0.348 e. The number of hydrogen-bond acceptors (Lipinski definition) is 3. The molecule has 7 heteroatoms. The first-order valence-electron chi connectivity index (χ1n) is 4.79. The number of anilines is 2. The molecule has 2 rings (SSSR count). The third-order valence-corrected chi connectivity index (χ3v) is 2.96. The maximum Gasteiger partial charge on any atom is 0.174 e. The SMILES string of the molecule is CCn1cc(Nc2cn(C)nc2Br)c(Cl)n1. The highest BCUT2D eigenvalue weighted by Gasteiger charge is 2.10. The van der Waals surface area contributed by atoms with E-state index >= 15 is 0 Å². The van der Waals surface area contributed by atoms with Crippen molar-refractivity contribution in [2.75, 3.05) is 5.32 Å². The van der Waals surface area contributed by atoms with Crippen LogP contribution in [0.3, 0.4) is 0 Å². The van der Waals surface area contributed by atoms with Crippen LogP contribution in [-0.4, -0.2) is 19.6 Å². The second-order valence-electron chi connectivity index (χ2n) is 3.32. The summed E-state index contributed by atoms with van der Waals surface area (Å²) in [6, 6.07) is 0. The predicted molar refractivity (Wildman–Crippen MR) is 67.1 cm³/mol. The van der Waals surface area contributed by atoms with Gasteiger partial charge in [0, 0.05) is 19.8 Å². The first kappa shape index (κ1) is 11.5. The van der Waals surface area contributed by atoms with Crippen molar-refractivity contribution >= 4 is 38.9 Å². The summed E-state index contributed by atoms with van der Waals surface area (Å²) in [5.74, 6) is 0. The van der Waals surface area contributed by atoms with Crippen LogP contribution in [0.2, 0.25) is 5.15 Å². The third-order valence-electron chi connectivity index (χ3n) is 2.09. The zero-order chi connectivity index (χ0) is 11.7. The Labute approximate surface area is 107 Å². The molecule has 5 nitrogen and oxygen atoms in total. The molecule has 0 saturated heterocycles. The Morgan fingerprint density at radius 3 is 2.62 bits per heavy atom. The van der Waals surface area contributed by atoms with Crippen LogP contribution >= 0.6 is 27.5 Å². The zero-order valence-corrected chi connectivity index (χ0v) is 11.2. The van der Waals surface area contributed by atoms with Crippen molar-refractivity contribution in [2.45, 2.75) is 13.5 Å². The summed E-state index contributed by atoms with van der Waals surface area (Å²) in [7, 11) is 1.85. The van der Waals surface area contributed by atoms with Gasteiger partial charge in [0.2, 0.25) is 0 Å². The summed E-state index contributed by atoms with van der Waals surface area (Å²) >= 11 is 9.35. The molecule has 0 atom stereocenters. The Morgan fingerprint density at radius 1 is 1.38 bits per heavy atom. The average molecular weight is 305 g/mol. The molecule has 0 fully saturated rings. The Bertz CT molecular complexity index is 504. The number of nitrogens with one attached hydrogen (secondary N) is 1. The topological polar surface area (TPSA) is 47.7 Å². The summed E-state index contributed by atoms with van der Waals surface area (Å²) in [6.45, 7) is 2.79. The minimum Gasteiger partial charge on any atom is -0.348 e. The summed E-state index contributed by atoms with van der Waals surface area (Å²) in [6.07, 6.45) is 3.73. The predicted octanol–water partition coefficient (Wildman–Crippen LogP) is 2.80. The Hall–Kier alpha value is -1.01. The molecule has 0 bridgehead atoms. The molecule has 0 spiro atoms. The van der Waals surface area contributed by atoms with E-state index in [0.717, 1.165) is 22.5 Å². The Morgan fingerprint density at radius 2 is 2.12 bits per heavy atom.